The van der Waals surface area contributed by atoms with Gasteiger partial charge in [-0.2, -0.15) is 0 Å². The molecule has 0 amide bonds. The lowest BCUT2D eigenvalue weighted by Gasteiger charge is -2.17. The van der Waals surface area contributed by atoms with E-state index in [9.17, 15) is 10.1 Å². The Morgan fingerprint density at radius 1 is 1.14 bits per heavy atom. The van der Waals surface area contributed by atoms with Crippen molar-refractivity contribution in [1.29, 1.82) is 0 Å². The van der Waals surface area contributed by atoms with E-state index >= 15 is 0 Å². The van der Waals surface area contributed by atoms with Crippen molar-refractivity contribution in [2.45, 2.75) is 13.1 Å². The molecule has 0 fully saturated rings. The minimum absolute atomic E-state index is 0.100. The number of nitrogens with zero attached hydrogens (tertiary/aromatic N) is 2. The summed E-state index contributed by atoms with van der Waals surface area (Å²) in [4.78, 5) is 12.7. The second kappa shape index (κ2) is 7.15. The van der Waals surface area contributed by atoms with Gasteiger partial charge in [0.25, 0.3) is 5.69 Å². The molecule has 0 aliphatic carbocycles. The average Bonchev–Trinajstić information content (AvgIpc) is 2.40. The van der Waals surface area contributed by atoms with E-state index < -0.39 is 0 Å². The standard InChI is InChI=1S/C15H14Br2N2O2/c1-18(9-11-4-2-6-13(16)8-11)10-12-5-3-7-14(15(12)17)19(20)21/h2-8H,9-10H2,1H3. The summed E-state index contributed by atoms with van der Waals surface area (Å²) in [6, 6.07) is 13.2. The monoisotopic (exact) mass is 412 g/mol. The van der Waals surface area contributed by atoms with E-state index in [1.54, 1.807) is 6.07 Å². The van der Waals surface area contributed by atoms with Crippen LogP contribution in [-0.4, -0.2) is 16.9 Å². The minimum atomic E-state index is -0.373. The molecule has 0 atom stereocenters. The molecule has 6 heteroatoms. The van der Waals surface area contributed by atoms with Gasteiger partial charge in [-0.05, 0) is 46.2 Å². The fourth-order valence-corrected chi connectivity index (χ4v) is 3.10. The fraction of sp³-hybridized carbons (Fsp3) is 0.200. The summed E-state index contributed by atoms with van der Waals surface area (Å²) in [7, 11) is 1.99. The molecule has 0 bridgehead atoms. The van der Waals surface area contributed by atoms with Gasteiger partial charge >= 0.3 is 0 Å². The van der Waals surface area contributed by atoms with E-state index in [1.165, 1.54) is 11.6 Å². The van der Waals surface area contributed by atoms with E-state index in [1.807, 2.05) is 25.2 Å². The Hall–Kier alpha value is -1.24. The number of hydrogen-bond acceptors (Lipinski definition) is 3. The lowest BCUT2D eigenvalue weighted by Crippen LogP contribution is -2.17. The maximum absolute atomic E-state index is 10.9. The first-order valence-electron chi connectivity index (χ1n) is 6.32. The van der Waals surface area contributed by atoms with Gasteiger partial charge in [-0.25, -0.2) is 0 Å². The topological polar surface area (TPSA) is 46.4 Å². The van der Waals surface area contributed by atoms with Crippen LogP contribution in [-0.2, 0) is 13.1 Å². The zero-order valence-corrected chi connectivity index (χ0v) is 14.6. The van der Waals surface area contributed by atoms with Crippen molar-refractivity contribution < 1.29 is 4.92 Å². The minimum Gasteiger partial charge on any atom is -0.298 e. The third-order valence-corrected chi connectivity index (χ3v) is 4.45. The van der Waals surface area contributed by atoms with Gasteiger partial charge in [0.15, 0.2) is 0 Å². The molecule has 2 aromatic carbocycles. The molecule has 4 nitrogen and oxygen atoms in total. The van der Waals surface area contributed by atoms with Gasteiger partial charge in [-0.1, -0.05) is 40.2 Å². The van der Waals surface area contributed by atoms with E-state index in [4.69, 9.17) is 0 Å². The molecule has 0 aliphatic rings. The van der Waals surface area contributed by atoms with Gasteiger partial charge < -0.3 is 0 Å². The zero-order valence-electron chi connectivity index (χ0n) is 11.4. The molecule has 110 valence electrons. The van der Waals surface area contributed by atoms with E-state index in [2.05, 4.69) is 48.9 Å². The molecule has 0 radical (unpaired) electrons. The number of hydrogen-bond donors (Lipinski definition) is 0. The highest BCUT2D eigenvalue weighted by molar-refractivity contribution is 9.10. The highest BCUT2D eigenvalue weighted by Gasteiger charge is 2.15. The summed E-state index contributed by atoms with van der Waals surface area (Å²) in [5.41, 5.74) is 2.19. The molecule has 0 spiro atoms. The molecule has 0 heterocycles. The number of nitro benzene ring substituents is 1. The Kier molecular flexibility index (Phi) is 5.50. The smallest absolute Gasteiger partial charge is 0.283 e. The van der Waals surface area contributed by atoms with E-state index in [0.717, 1.165) is 16.6 Å². The normalized spacial score (nSPS) is 10.9. The molecule has 0 unspecified atom stereocenters. The van der Waals surface area contributed by atoms with Crippen LogP contribution in [0.15, 0.2) is 51.4 Å². The number of rotatable bonds is 5. The van der Waals surface area contributed by atoms with Crippen molar-refractivity contribution in [2.24, 2.45) is 0 Å². The summed E-state index contributed by atoms with van der Waals surface area (Å²) in [5.74, 6) is 0. The highest BCUT2D eigenvalue weighted by atomic mass is 79.9. The lowest BCUT2D eigenvalue weighted by molar-refractivity contribution is -0.385. The first-order valence-corrected chi connectivity index (χ1v) is 7.90. The number of nitro groups is 1. The van der Waals surface area contributed by atoms with Gasteiger partial charge in [0.1, 0.15) is 0 Å². The van der Waals surface area contributed by atoms with Crippen LogP contribution in [0.25, 0.3) is 0 Å². The Labute approximate surface area is 140 Å². The second-order valence-electron chi connectivity index (χ2n) is 4.81. The van der Waals surface area contributed by atoms with Crippen LogP contribution in [0.5, 0.6) is 0 Å². The van der Waals surface area contributed by atoms with Crippen LogP contribution < -0.4 is 0 Å². The van der Waals surface area contributed by atoms with Crippen LogP contribution in [0.4, 0.5) is 5.69 Å². The Balaban J connectivity index is 2.11. The van der Waals surface area contributed by atoms with Crippen molar-refractivity contribution in [3.63, 3.8) is 0 Å². The van der Waals surface area contributed by atoms with E-state index in [-0.39, 0.29) is 10.6 Å². The Morgan fingerprint density at radius 2 is 1.86 bits per heavy atom. The number of benzene rings is 2. The quantitative estimate of drug-likeness (QED) is 0.524. The van der Waals surface area contributed by atoms with Crippen LogP contribution in [0, 0.1) is 10.1 Å². The van der Waals surface area contributed by atoms with Crippen molar-refractivity contribution in [1.82, 2.24) is 4.90 Å². The molecule has 0 saturated carbocycles. The average molecular weight is 414 g/mol. The third kappa shape index (κ3) is 4.36. The predicted octanol–water partition coefficient (Wildman–Crippen LogP) is 4.75. The van der Waals surface area contributed by atoms with Crippen LogP contribution in [0.3, 0.4) is 0 Å². The van der Waals surface area contributed by atoms with E-state index in [0.29, 0.717) is 11.0 Å². The highest BCUT2D eigenvalue weighted by Crippen LogP contribution is 2.29. The maximum Gasteiger partial charge on any atom is 0.283 e. The van der Waals surface area contributed by atoms with Gasteiger partial charge in [-0.3, -0.25) is 15.0 Å². The van der Waals surface area contributed by atoms with Gasteiger partial charge in [0.2, 0.25) is 0 Å². The Morgan fingerprint density at radius 3 is 2.52 bits per heavy atom. The summed E-state index contributed by atoms with van der Waals surface area (Å²) < 4.78 is 1.60. The van der Waals surface area contributed by atoms with Gasteiger partial charge in [-0.15, -0.1) is 0 Å². The molecule has 2 aromatic rings. The molecule has 0 saturated heterocycles. The molecule has 21 heavy (non-hydrogen) atoms. The Bertz CT molecular complexity index is 662. The summed E-state index contributed by atoms with van der Waals surface area (Å²) in [6.07, 6.45) is 0. The SMILES string of the molecule is CN(Cc1cccc(Br)c1)Cc1cccc([N+](=O)[O-])c1Br. The van der Waals surface area contributed by atoms with Crippen LogP contribution in [0.2, 0.25) is 0 Å². The van der Waals surface area contributed by atoms with Crippen LogP contribution in [0.1, 0.15) is 11.1 Å². The molecular formula is C15H14Br2N2O2. The summed E-state index contributed by atoms with van der Waals surface area (Å²) >= 11 is 6.79. The van der Waals surface area contributed by atoms with Crippen molar-refractivity contribution in [2.75, 3.05) is 7.05 Å². The fourth-order valence-electron chi connectivity index (χ4n) is 2.12. The third-order valence-electron chi connectivity index (χ3n) is 3.04. The largest absolute Gasteiger partial charge is 0.298 e. The van der Waals surface area contributed by atoms with Gasteiger partial charge in [0, 0.05) is 23.6 Å². The maximum atomic E-state index is 10.9. The molecule has 0 aliphatic heterocycles. The number of halogens is 2. The zero-order chi connectivity index (χ0) is 15.4. The van der Waals surface area contributed by atoms with Crippen molar-refractivity contribution in [3.05, 3.63) is 72.7 Å². The summed E-state index contributed by atoms with van der Waals surface area (Å²) in [5, 5.41) is 10.9. The molecule has 0 N–H and O–H groups in total. The van der Waals surface area contributed by atoms with Gasteiger partial charge in [0.05, 0.1) is 9.40 Å². The molecule has 0 aromatic heterocycles. The van der Waals surface area contributed by atoms with Crippen LogP contribution >= 0.6 is 31.9 Å². The van der Waals surface area contributed by atoms with Crippen molar-refractivity contribution >= 4 is 37.5 Å². The van der Waals surface area contributed by atoms with Crippen molar-refractivity contribution in [3.8, 4) is 0 Å². The molecule has 2 rings (SSSR count). The first kappa shape index (κ1) is 16.1. The lowest BCUT2D eigenvalue weighted by atomic mass is 10.1. The predicted molar refractivity (Wildman–Crippen MR) is 90.1 cm³/mol. The first-order chi connectivity index (χ1) is 9.97. The molecular weight excluding hydrogens is 400 g/mol. The second-order valence-corrected chi connectivity index (χ2v) is 6.52. The summed E-state index contributed by atoms with van der Waals surface area (Å²) in [6.45, 7) is 1.41.